The lowest BCUT2D eigenvalue weighted by Crippen LogP contribution is -2.30. The molecule has 1 atom stereocenters. The normalized spacial score (nSPS) is 12.7. The van der Waals surface area contributed by atoms with Gasteiger partial charge < -0.3 is 14.2 Å². The summed E-state index contributed by atoms with van der Waals surface area (Å²) in [5, 5.41) is 0. The Bertz CT molecular complexity index is 1110. The van der Waals surface area contributed by atoms with E-state index in [0.717, 1.165) is 109 Å². The lowest BCUT2D eigenvalue weighted by atomic mass is 10.1. The summed E-state index contributed by atoms with van der Waals surface area (Å²) in [6, 6.07) is 0. The van der Waals surface area contributed by atoms with Crippen molar-refractivity contribution in [2.45, 2.75) is 226 Å². The van der Waals surface area contributed by atoms with Crippen LogP contribution in [0.3, 0.4) is 0 Å². The molecule has 0 heterocycles. The predicted molar refractivity (Wildman–Crippen MR) is 247 cm³/mol. The van der Waals surface area contributed by atoms with Crippen molar-refractivity contribution in [2.75, 3.05) is 13.2 Å². The average molecular weight is 809 g/mol. The molecule has 0 fully saturated rings. The maximum atomic E-state index is 12.7. The molecule has 0 spiro atoms. The first-order valence-corrected chi connectivity index (χ1v) is 23.9. The van der Waals surface area contributed by atoms with E-state index < -0.39 is 6.10 Å². The fourth-order valence-corrected chi connectivity index (χ4v) is 6.33. The van der Waals surface area contributed by atoms with E-state index in [1.54, 1.807) is 0 Å². The van der Waals surface area contributed by atoms with E-state index in [2.05, 4.69) is 93.7 Å². The molecule has 0 bridgehead atoms. The summed E-state index contributed by atoms with van der Waals surface area (Å²) in [6.45, 7) is 6.42. The van der Waals surface area contributed by atoms with Gasteiger partial charge in [0.05, 0.1) is 0 Å². The third kappa shape index (κ3) is 44.0. The molecular formula is C52H88O6. The molecule has 6 heteroatoms. The monoisotopic (exact) mass is 809 g/mol. The molecular weight excluding hydrogens is 721 g/mol. The predicted octanol–water partition coefficient (Wildman–Crippen LogP) is 15.5. The number of esters is 3. The van der Waals surface area contributed by atoms with Crippen LogP contribution in [0.2, 0.25) is 0 Å². The van der Waals surface area contributed by atoms with Gasteiger partial charge in [0.15, 0.2) is 6.10 Å². The zero-order valence-corrected chi connectivity index (χ0v) is 37.8. The Kier molecular flexibility index (Phi) is 44.0. The van der Waals surface area contributed by atoms with Crippen LogP contribution in [0.1, 0.15) is 220 Å². The Morgan fingerprint density at radius 1 is 0.362 bits per heavy atom. The summed E-state index contributed by atoms with van der Waals surface area (Å²) < 4.78 is 16.7. The highest BCUT2D eigenvalue weighted by molar-refractivity contribution is 5.71. The number of rotatable bonds is 42. The van der Waals surface area contributed by atoms with Crippen LogP contribution in [0, 0.1) is 0 Å². The van der Waals surface area contributed by atoms with Gasteiger partial charge in [0.2, 0.25) is 0 Å². The number of allylic oxidation sites excluding steroid dienone is 12. The largest absolute Gasteiger partial charge is 0.462 e. The number of hydrogen-bond donors (Lipinski definition) is 0. The molecule has 0 saturated heterocycles. The van der Waals surface area contributed by atoms with Crippen LogP contribution in [0.4, 0.5) is 0 Å². The Labute approximate surface area is 357 Å². The molecule has 0 saturated carbocycles. The standard InChI is InChI=1S/C52H88O6/c1-4-7-10-13-16-19-22-23-24-25-26-27-28-29-31-33-36-39-42-45-51(54)57-48-49(47-56-50(53)44-41-38-35-32-21-18-15-12-9-6-3)58-52(55)46-43-40-37-34-30-20-17-14-11-8-5-2/h7,10,14,16-17,19,23-24,26-27,29,31,49H,4-6,8-9,11-13,15,18,20-22,25,28,30,32-48H2,1-3H3/b10-7-,17-14-,19-16-,24-23-,27-26-,31-29-/t49-/m1/s1. The lowest BCUT2D eigenvalue weighted by molar-refractivity contribution is -0.167. The van der Waals surface area contributed by atoms with Gasteiger partial charge in [0.25, 0.3) is 0 Å². The third-order valence-electron chi connectivity index (χ3n) is 9.95. The first kappa shape index (κ1) is 54.9. The van der Waals surface area contributed by atoms with Gasteiger partial charge in [-0.15, -0.1) is 0 Å². The third-order valence-corrected chi connectivity index (χ3v) is 9.95. The number of carbonyl (C=O) groups excluding carboxylic acids is 3. The molecule has 0 aliphatic rings. The highest BCUT2D eigenvalue weighted by atomic mass is 16.6. The van der Waals surface area contributed by atoms with E-state index >= 15 is 0 Å². The van der Waals surface area contributed by atoms with Crippen molar-refractivity contribution in [3.63, 3.8) is 0 Å². The molecule has 0 aliphatic carbocycles. The van der Waals surface area contributed by atoms with Crippen molar-refractivity contribution >= 4 is 17.9 Å². The van der Waals surface area contributed by atoms with Crippen LogP contribution < -0.4 is 0 Å². The molecule has 0 amide bonds. The first-order chi connectivity index (χ1) is 28.5. The molecule has 6 nitrogen and oxygen atoms in total. The Morgan fingerprint density at radius 2 is 0.690 bits per heavy atom. The van der Waals surface area contributed by atoms with E-state index in [1.165, 1.54) is 70.6 Å². The summed E-state index contributed by atoms with van der Waals surface area (Å²) in [5.74, 6) is -0.937. The van der Waals surface area contributed by atoms with Crippen LogP contribution in [0.15, 0.2) is 72.9 Å². The Morgan fingerprint density at radius 3 is 1.14 bits per heavy atom. The lowest BCUT2D eigenvalue weighted by Gasteiger charge is -2.18. The molecule has 0 aromatic heterocycles. The molecule has 0 aromatic rings. The van der Waals surface area contributed by atoms with Gasteiger partial charge in [0, 0.05) is 19.3 Å². The molecule has 0 aliphatic heterocycles. The highest BCUT2D eigenvalue weighted by Crippen LogP contribution is 2.13. The highest BCUT2D eigenvalue weighted by Gasteiger charge is 2.19. The van der Waals surface area contributed by atoms with Crippen molar-refractivity contribution in [3.8, 4) is 0 Å². The van der Waals surface area contributed by atoms with Gasteiger partial charge >= 0.3 is 17.9 Å². The average Bonchev–Trinajstić information content (AvgIpc) is 3.22. The maximum Gasteiger partial charge on any atom is 0.306 e. The van der Waals surface area contributed by atoms with Crippen molar-refractivity contribution in [1.29, 1.82) is 0 Å². The number of ether oxygens (including phenoxy) is 3. The van der Waals surface area contributed by atoms with Gasteiger partial charge in [0.1, 0.15) is 13.2 Å². The second-order valence-electron chi connectivity index (χ2n) is 15.6. The zero-order chi connectivity index (χ0) is 42.3. The minimum Gasteiger partial charge on any atom is -0.462 e. The number of unbranched alkanes of at least 4 members (excludes halogenated alkanes) is 19. The van der Waals surface area contributed by atoms with Crippen LogP contribution in [-0.4, -0.2) is 37.2 Å². The fourth-order valence-electron chi connectivity index (χ4n) is 6.33. The van der Waals surface area contributed by atoms with Crippen LogP contribution >= 0.6 is 0 Å². The van der Waals surface area contributed by atoms with Gasteiger partial charge in [-0.3, -0.25) is 14.4 Å². The first-order valence-electron chi connectivity index (χ1n) is 23.9. The van der Waals surface area contributed by atoms with Crippen LogP contribution in [-0.2, 0) is 28.6 Å². The number of carbonyl (C=O) groups is 3. The van der Waals surface area contributed by atoms with Gasteiger partial charge in [-0.1, -0.05) is 190 Å². The van der Waals surface area contributed by atoms with E-state index in [1.807, 2.05) is 0 Å². The van der Waals surface area contributed by atoms with Crippen LogP contribution in [0.5, 0.6) is 0 Å². The molecule has 332 valence electrons. The van der Waals surface area contributed by atoms with E-state index in [9.17, 15) is 14.4 Å². The van der Waals surface area contributed by atoms with Crippen LogP contribution in [0.25, 0.3) is 0 Å². The molecule has 58 heavy (non-hydrogen) atoms. The maximum absolute atomic E-state index is 12.7. The van der Waals surface area contributed by atoms with Crippen molar-refractivity contribution in [2.24, 2.45) is 0 Å². The SMILES string of the molecule is CC/C=C\C/C=C\C/C=C\C/C=C\C/C=C\CCCCCC(=O)OC[C@@H](COC(=O)CCCCCCCCCCCC)OC(=O)CCCCCCC/C=C\CCCC. The second kappa shape index (κ2) is 46.5. The summed E-state index contributed by atoms with van der Waals surface area (Å²) in [5.41, 5.74) is 0. The molecule has 0 radical (unpaired) electrons. The van der Waals surface area contributed by atoms with Crippen molar-refractivity contribution < 1.29 is 28.6 Å². The molecule has 0 unspecified atom stereocenters. The minimum atomic E-state index is -0.789. The summed E-state index contributed by atoms with van der Waals surface area (Å²) in [6.07, 6.45) is 57.4. The van der Waals surface area contributed by atoms with Crippen molar-refractivity contribution in [3.05, 3.63) is 72.9 Å². The quantitative estimate of drug-likeness (QED) is 0.0264. The zero-order valence-electron chi connectivity index (χ0n) is 37.8. The van der Waals surface area contributed by atoms with Gasteiger partial charge in [-0.2, -0.15) is 0 Å². The topological polar surface area (TPSA) is 78.9 Å². The molecule has 0 rings (SSSR count). The Hall–Kier alpha value is -3.15. The summed E-state index contributed by atoms with van der Waals surface area (Å²) in [4.78, 5) is 37.8. The fraction of sp³-hybridized carbons (Fsp3) is 0.712. The summed E-state index contributed by atoms with van der Waals surface area (Å²) >= 11 is 0. The number of hydrogen-bond acceptors (Lipinski definition) is 6. The van der Waals surface area contributed by atoms with E-state index in [0.29, 0.717) is 19.3 Å². The molecule has 0 N–H and O–H groups in total. The smallest absolute Gasteiger partial charge is 0.306 e. The van der Waals surface area contributed by atoms with Gasteiger partial charge in [-0.25, -0.2) is 0 Å². The van der Waals surface area contributed by atoms with E-state index in [4.69, 9.17) is 14.2 Å². The second-order valence-corrected chi connectivity index (χ2v) is 15.6. The molecule has 0 aromatic carbocycles. The minimum absolute atomic E-state index is 0.0887. The van der Waals surface area contributed by atoms with Crippen molar-refractivity contribution in [1.82, 2.24) is 0 Å². The summed E-state index contributed by atoms with van der Waals surface area (Å²) in [7, 11) is 0. The Balaban J connectivity index is 4.40. The van der Waals surface area contributed by atoms with E-state index in [-0.39, 0.29) is 31.1 Å². The van der Waals surface area contributed by atoms with Gasteiger partial charge in [-0.05, 0) is 83.5 Å².